The Morgan fingerprint density at radius 1 is 1.00 bits per heavy atom. The van der Waals surface area contributed by atoms with Gasteiger partial charge in [-0.2, -0.15) is 0 Å². The maximum absolute atomic E-state index is 10.8. The van der Waals surface area contributed by atoms with Crippen LogP contribution in [0, 0.1) is 0 Å². The summed E-state index contributed by atoms with van der Waals surface area (Å²) in [6.45, 7) is 6.55. The van der Waals surface area contributed by atoms with Crippen LogP contribution in [-0.4, -0.2) is 12.6 Å². The molecule has 3 heteroatoms. The summed E-state index contributed by atoms with van der Waals surface area (Å²) in [4.78, 5) is 10.8. The van der Waals surface area contributed by atoms with Gasteiger partial charge in [-0.1, -0.05) is 65.0 Å². The van der Waals surface area contributed by atoms with E-state index in [1.165, 1.54) is 49.7 Å². The molecule has 1 amide bonds. The van der Waals surface area contributed by atoms with Crippen molar-refractivity contribution in [2.75, 3.05) is 0 Å². The van der Waals surface area contributed by atoms with Crippen molar-refractivity contribution in [1.82, 2.24) is 5.32 Å². The van der Waals surface area contributed by atoms with Crippen LogP contribution in [0.15, 0.2) is 18.2 Å². The standard InChI is InChI=1S/C21H35NO2/c1-4-7-9-12-18-14-15-19(13-10-8-5-2)20(16-18)24-21(11-6-3)22-17-23/h14-17,21H,4-13H2,1-3H3,(H,22,23). The molecule has 0 saturated heterocycles. The second kappa shape index (κ2) is 12.9. The SMILES string of the molecule is CCCCCc1ccc(CCCCC)c(OC(CCC)NC=O)c1. The van der Waals surface area contributed by atoms with Crippen LogP contribution in [0.25, 0.3) is 0 Å². The van der Waals surface area contributed by atoms with Gasteiger partial charge in [-0.15, -0.1) is 0 Å². The van der Waals surface area contributed by atoms with E-state index in [2.05, 4.69) is 44.3 Å². The van der Waals surface area contributed by atoms with Crippen molar-refractivity contribution < 1.29 is 9.53 Å². The minimum absolute atomic E-state index is 0.233. The van der Waals surface area contributed by atoms with Gasteiger partial charge in [-0.3, -0.25) is 4.79 Å². The largest absolute Gasteiger partial charge is 0.470 e. The van der Waals surface area contributed by atoms with Gasteiger partial charge in [0, 0.05) is 6.42 Å². The molecule has 0 spiro atoms. The normalized spacial score (nSPS) is 12.0. The summed E-state index contributed by atoms with van der Waals surface area (Å²) >= 11 is 0. The highest BCUT2D eigenvalue weighted by Crippen LogP contribution is 2.25. The number of carbonyl (C=O) groups excluding carboxylic acids is 1. The number of nitrogens with one attached hydrogen (secondary N) is 1. The Labute approximate surface area is 148 Å². The predicted octanol–water partition coefficient (Wildman–Crippen LogP) is 5.40. The molecule has 0 fully saturated rings. The van der Waals surface area contributed by atoms with Crippen molar-refractivity contribution in [3.8, 4) is 5.75 Å². The number of unbranched alkanes of at least 4 members (excludes halogenated alkanes) is 4. The first-order chi connectivity index (χ1) is 11.7. The third kappa shape index (κ3) is 7.85. The first kappa shape index (κ1) is 20.5. The highest BCUT2D eigenvalue weighted by Gasteiger charge is 2.12. The molecule has 0 aliphatic rings. The predicted molar refractivity (Wildman–Crippen MR) is 101 cm³/mol. The van der Waals surface area contributed by atoms with Crippen LogP contribution in [0.1, 0.15) is 83.3 Å². The van der Waals surface area contributed by atoms with E-state index in [1.807, 2.05) is 0 Å². The lowest BCUT2D eigenvalue weighted by Crippen LogP contribution is -2.33. The number of carbonyl (C=O) groups is 1. The summed E-state index contributed by atoms with van der Waals surface area (Å²) in [5, 5.41) is 2.80. The van der Waals surface area contributed by atoms with Crippen molar-refractivity contribution in [3.63, 3.8) is 0 Å². The molecule has 24 heavy (non-hydrogen) atoms. The Kier molecular flexibility index (Phi) is 11.0. The highest BCUT2D eigenvalue weighted by atomic mass is 16.5. The number of hydrogen-bond donors (Lipinski definition) is 1. The van der Waals surface area contributed by atoms with Crippen molar-refractivity contribution in [3.05, 3.63) is 29.3 Å². The van der Waals surface area contributed by atoms with Gasteiger partial charge in [0.05, 0.1) is 0 Å². The molecule has 1 rings (SSSR count). The second-order valence-electron chi connectivity index (χ2n) is 6.54. The fraction of sp³-hybridized carbons (Fsp3) is 0.667. The lowest BCUT2D eigenvalue weighted by Gasteiger charge is -2.21. The van der Waals surface area contributed by atoms with Crippen LogP contribution in [0.4, 0.5) is 0 Å². The van der Waals surface area contributed by atoms with E-state index in [1.54, 1.807) is 0 Å². The molecule has 0 aliphatic heterocycles. The topological polar surface area (TPSA) is 38.3 Å². The zero-order chi connectivity index (χ0) is 17.6. The molecule has 1 aromatic carbocycles. The van der Waals surface area contributed by atoms with Crippen molar-refractivity contribution >= 4 is 6.41 Å². The van der Waals surface area contributed by atoms with Crippen LogP contribution < -0.4 is 10.1 Å². The van der Waals surface area contributed by atoms with Gasteiger partial charge < -0.3 is 10.1 Å². The second-order valence-corrected chi connectivity index (χ2v) is 6.54. The molecule has 1 aromatic rings. The quantitative estimate of drug-likeness (QED) is 0.281. The maximum Gasteiger partial charge on any atom is 0.209 e. The van der Waals surface area contributed by atoms with Gasteiger partial charge in [0.1, 0.15) is 5.75 Å². The highest BCUT2D eigenvalue weighted by molar-refractivity contribution is 5.46. The fourth-order valence-corrected chi connectivity index (χ4v) is 2.88. The Hall–Kier alpha value is -1.51. The third-order valence-electron chi connectivity index (χ3n) is 4.32. The molecule has 0 heterocycles. The summed E-state index contributed by atoms with van der Waals surface area (Å²) in [5.74, 6) is 0.952. The number of aryl methyl sites for hydroxylation is 2. The molecule has 1 atom stereocenters. The average molecular weight is 334 g/mol. The Morgan fingerprint density at radius 2 is 1.71 bits per heavy atom. The molecular formula is C21H35NO2. The van der Waals surface area contributed by atoms with Crippen LogP contribution in [-0.2, 0) is 17.6 Å². The summed E-state index contributed by atoms with van der Waals surface area (Å²) < 4.78 is 6.16. The smallest absolute Gasteiger partial charge is 0.209 e. The molecule has 0 aliphatic carbocycles. The monoisotopic (exact) mass is 333 g/mol. The molecule has 0 aromatic heterocycles. The zero-order valence-electron chi connectivity index (χ0n) is 15.8. The van der Waals surface area contributed by atoms with Gasteiger partial charge in [-0.05, 0) is 42.9 Å². The number of benzene rings is 1. The van der Waals surface area contributed by atoms with E-state index in [0.717, 1.165) is 37.8 Å². The Morgan fingerprint density at radius 3 is 2.33 bits per heavy atom. The van der Waals surface area contributed by atoms with Gasteiger partial charge in [0.15, 0.2) is 6.23 Å². The summed E-state index contributed by atoms with van der Waals surface area (Å²) in [6.07, 6.45) is 11.8. The van der Waals surface area contributed by atoms with Crippen LogP contribution in [0.2, 0.25) is 0 Å². The lowest BCUT2D eigenvalue weighted by atomic mass is 10.0. The van der Waals surface area contributed by atoms with E-state index in [9.17, 15) is 4.79 Å². The lowest BCUT2D eigenvalue weighted by molar-refractivity contribution is -0.111. The average Bonchev–Trinajstić information content (AvgIpc) is 2.57. The first-order valence-corrected chi connectivity index (χ1v) is 9.73. The molecule has 0 bridgehead atoms. The molecule has 1 unspecified atom stereocenters. The van der Waals surface area contributed by atoms with E-state index in [4.69, 9.17) is 4.74 Å². The molecule has 1 N–H and O–H groups in total. The van der Waals surface area contributed by atoms with Gasteiger partial charge in [0.2, 0.25) is 6.41 Å². The fourth-order valence-electron chi connectivity index (χ4n) is 2.88. The Bertz CT molecular complexity index is 459. The van der Waals surface area contributed by atoms with Gasteiger partial charge in [-0.25, -0.2) is 0 Å². The number of amides is 1. The minimum Gasteiger partial charge on any atom is -0.470 e. The first-order valence-electron chi connectivity index (χ1n) is 9.73. The van der Waals surface area contributed by atoms with E-state index in [-0.39, 0.29) is 6.23 Å². The maximum atomic E-state index is 10.8. The van der Waals surface area contributed by atoms with Crippen LogP contribution >= 0.6 is 0 Å². The summed E-state index contributed by atoms with van der Waals surface area (Å²) in [7, 11) is 0. The summed E-state index contributed by atoms with van der Waals surface area (Å²) in [6, 6.07) is 6.65. The third-order valence-corrected chi connectivity index (χ3v) is 4.32. The number of hydrogen-bond acceptors (Lipinski definition) is 2. The molecule has 3 nitrogen and oxygen atoms in total. The molecule has 0 radical (unpaired) electrons. The molecule has 136 valence electrons. The zero-order valence-corrected chi connectivity index (χ0v) is 15.8. The van der Waals surface area contributed by atoms with Crippen molar-refractivity contribution in [1.29, 1.82) is 0 Å². The molecule has 0 saturated carbocycles. The van der Waals surface area contributed by atoms with E-state index < -0.39 is 0 Å². The number of ether oxygens (including phenoxy) is 1. The van der Waals surface area contributed by atoms with E-state index >= 15 is 0 Å². The minimum atomic E-state index is -0.233. The van der Waals surface area contributed by atoms with Crippen LogP contribution in [0.3, 0.4) is 0 Å². The van der Waals surface area contributed by atoms with E-state index in [0.29, 0.717) is 0 Å². The van der Waals surface area contributed by atoms with Gasteiger partial charge in [0.25, 0.3) is 0 Å². The van der Waals surface area contributed by atoms with Crippen molar-refractivity contribution in [2.45, 2.75) is 91.2 Å². The molecular weight excluding hydrogens is 298 g/mol. The van der Waals surface area contributed by atoms with Gasteiger partial charge >= 0.3 is 0 Å². The van der Waals surface area contributed by atoms with Crippen LogP contribution in [0.5, 0.6) is 5.75 Å². The summed E-state index contributed by atoms with van der Waals surface area (Å²) in [5.41, 5.74) is 2.59. The van der Waals surface area contributed by atoms with Crippen molar-refractivity contribution in [2.24, 2.45) is 0 Å². The number of rotatable bonds is 14. The Balaban J connectivity index is 2.85.